The summed E-state index contributed by atoms with van der Waals surface area (Å²) >= 11 is 5.73. The van der Waals surface area contributed by atoms with Crippen LogP contribution in [0.4, 0.5) is 10.1 Å². The zero-order chi connectivity index (χ0) is 15.7. The van der Waals surface area contributed by atoms with Crippen molar-refractivity contribution in [2.45, 2.75) is 30.6 Å². The second kappa shape index (κ2) is 6.08. The van der Waals surface area contributed by atoms with Gasteiger partial charge in [-0.3, -0.25) is 0 Å². The molecule has 1 aromatic rings. The van der Waals surface area contributed by atoms with Crippen LogP contribution in [-0.2, 0) is 10.0 Å². The summed E-state index contributed by atoms with van der Waals surface area (Å²) in [6.07, 6.45) is 3.37. The van der Waals surface area contributed by atoms with Crippen molar-refractivity contribution in [2.24, 2.45) is 5.41 Å². The Balaban J connectivity index is 2.23. The van der Waals surface area contributed by atoms with Gasteiger partial charge in [-0.05, 0) is 25.0 Å². The quantitative estimate of drug-likeness (QED) is 0.716. The fraction of sp³-hybridized carbons (Fsp3) is 0.538. The molecule has 0 unspecified atom stereocenters. The second-order valence-electron chi connectivity index (χ2n) is 5.50. The number of anilines is 1. The Morgan fingerprint density at radius 3 is 2.57 bits per heavy atom. The van der Waals surface area contributed by atoms with Gasteiger partial charge in [-0.25, -0.2) is 17.5 Å². The zero-order valence-electron chi connectivity index (χ0n) is 11.4. The molecule has 0 heterocycles. The molecule has 0 aromatic heterocycles. The SMILES string of the molecule is Nc1cc(Cl)cc(S(=O)(=O)NCC2(CO)CCCC2)c1F. The van der Waals surface area contributed by atoms with Crippen LogP contribution < -0.4 is 10.5 Å². The molecule has 1 fully saturated rings. The van der Waals surface area contributed by atoms with Crippen molar-refractivity contribution in [1.29, 1.82) is 0 Å². The van der Waals surface area contributed by atoms with Gasteiger partial charge in [0.2, 0.25) is 10.0 Å². The summed E-state index contributed by atoms with van der Waals surface area (Å²) in [5.41, 5.74) is 4.61. The third-order valence-electron chi connectivity index (χ3n) is 3.96. The molecule has 0 spiro atoms. The summed E-state index contributed by atoms with van der Waals surface area (Å²) in [5.74, 6) is -1.02. The zero-order valence-corrected chi connectivity index (χ0v) is 13.0. The second-order valence-corrected chi connectivity index (χ2v) is 7.67. The molecule has 0 atom stereocenters. The van der Waals surface area contributed by atoms with Crippen molar-refractivity contribution in [2.75, 3.05) is 18.9 Å². The number of hydrogen-bond acceptors (Lipinski definition) is 4. The number of aliphatic hydroxyl groups excluding tert-OH is 1. The van der Waals surface area contributed by atoms with Gasteiger partial charge in [-0.15, -0.1) is 0 Å². The van der Waals surface area contributed by atoms with E-state index in [-0.39, 0.29) is 23.9 Å². The van der Waals surface area contributed by atoms with E-state index < -0.39 is 26.2 Å². The lowest BCUT2D eigenvalue weighted by Gasteiger charge is -2.26. The molecule has 1 saturated carbocycles. The number of benzene rings is 1. The van der Waals surface area contributed by atoms with Crippen LogP contribution in [0, 0.1) is 11.2 Å². The molecule has 1 aliphatic carbocycles. The summed E-state index contributed by atoms with van der Waals surface area (Å²) in [4.78, 5) is -0.571. The van der Waals surface area contributed by atoms with E-state index in [0.717, 1.165) is 37.8 Å². The molecule has 1 aliphatic rings. The lowest BCUT2D eigenvalue weighted by atomic mass is 9.88. The number of nitrogens with two attached hydrogens (primary N) is 1. The highest BCUT2D eigenvalue weighted by atomic mass is 35.5. The van der Waals surface area contributed by atoms with E-state index in [4.69, 9.17) is 17.3 Å². The Bertz CT molecular complexity index is 631. The monoisotopic (exact) mass is 336 g/mol. The fourth-order valence-electron chi connectivity index (χ4n) is 2.62. The van der Waals surface area contributed by atoms with E-state index in [9.17, 15) is 17.9 Å². The molecule has 21 heavy (non-hydrogen) atoms. The average Bonchev–Trinajstić information content (AvgIpc) is 2.90. The van der Waals surface area contributed by atoms with Gasteiger partial charge in [0.15, 0.2) is 5.82 Å². The minimum atomic E-state index is -4.07. The fourth-order valence-corrected chi connectivity index (χ4v) is 4.20. The first-order valence-electron chi connectivity index (χ1n) is 6.65. The highest BCUT2D eigenvalue weighted by molar-refractivity contribution is 7.89. The number of halogens is 2. The normalized spacial score (nSPS) is 18.0. The number of rotatable bonds is 5. The first-order valence-corrected chi connectivity index (χ1v) is 8.51. The summed E-state index contributed by atoms with van der Waals surface area (Å²) in [7, 11) is -4.07. The molecule has 118 valence electrons. The Morgan fingerprint density at radius 1 is 1.38 bits per heavy atom. The lowest BCUT2D eigenvalue weighted by Crippen LogP contribution is -2.38. The Kier molecular flexibility index (Phi) is 4.77. The Morgan fingerprint density at radius 2 is 2.00 bits per heavy atom. The van der Waals surface area contributed by atoms with E-state index >= 15 is 0 Å². The summed E-state index contributed by atoms with van der Waals surface area (Å²) in [6, 6.07) is 2.18. The van der Waals surface area contributed by atoms with E-state index in [1.807, 2.05) is 0 Å². The molecule has 2 rings (SSSR count). The van der Waals surface area contributed by atoms with Crippen molar-refractivity contribution >= 4 is 27.3 Å². The average molecular weight is 337 g/mol. The molecule has 4 N–H and O–H groups in total. The first kappa shape index (κ1) is 16.5. The highest BCUT2D eigenvalue weighted by Gasteiger charge is 2.35. The summed E-state index contributed by atoms with van der Waals surface area (Å²) < 4.78 is 40.7. The molecule has 8 heteroatoms. The molecule has 0 aliphatic heterocycles. The van der Waals surface area contributed by atoms with E-state index in [1.165, 1.54) is 0 Å². The summed E-state index contributed by atoms with van der Waals surface area (Å²) in [5, 5.41) is 9.52. The van der Waals surface area contributed by atoms with E-state index in [2.05, 4.69) is 4.72 Å². The molecule has 0 radical (unpaired) electrons. The maximum absolute atomic E-state index is 13.9. The van der Waals surface area contributed by atoms with Gasteiger partial charge < -0.3 is 10.8 Å². The van der Waals surface area contributed by atoms with Crippen LogP contribution in [0.1, 0.15) is 25.7 Å². The number of hydrogen-bond donors (Lipinski definition) is 3. The van der Waals surface area contributed by atoms with Crippen molar-refractivity contribution in [3.63, 3.8) is 0 Å². The number of nitrogen functional groups attached to an aromatic ring is 1. The number of sulfonamides is 1. The molecular formula is C13H18ClFN2O3S. The molecule has 1 aromatic carbocycles. The standard InChI is InChI=1S/C13H18ClFN2O3S/c14-9-5-10(16)12(15)11(6-9)21(19,20)17-7-13(8-18)3-1-2-4-13/h5-6,17-18H,1-4,7-8,16H2. The van der Waals surface area contributed by atoms with Crippen LogP contribution in [0.25, 0.3) is 0 Å². The maximum Gasteiger partial charge on any atom is 0.243 e. The van der Waals surface area contributed by atoms with Crippen LogP contribution in [0.2, 0.25) is 5.02 Å². The van der Waals surface area contributed by atoms with Crippen LogP contribution in [0.15, 0.2) is 17.0 Å². The number of nitrogens with one attached hydrogen (secondary N) is 1. The van der Waals surface area contributed by atoms with Crippen LogP contribution >= 0.6 is 11.6 Å². The van der Waals surface area contributed by atoms with Crippen LogP contribution in [0.3, 0.4) is 0 Å². The van der Waals surface area contributed by atoms with Crippen LogP contribution in [-0.4, -0.2) is 26.7 Å². The number of aliphatic hydroxyl groups is 1. The highest BCUT2D eigenvalue weighted by Crippen LogP contribution is 2.37. The first-order chi connectivity index (χ1) is 9.80. The van der Waals surface area contributed by atoms with Crippen molar-refractivity contribution in [1.82, 2.24) is 4.72 Å². The van der Waals surface area contributed by atoms with Gasteiger partial charge in [0, 0.05) is 23.6 Å². The Labute approximate surface area is 128 Å². The van der Waals surface area contributed by atoms with Crippen molar-refractivity contribution in [3.8, 4) is 0 Å². The van der Waals surface area contributed by atoms with Gasteiger partial charge in [-0.2, -0.15) is 0 Å². The third kappa shape index (κ3) is 3.48. The topological polar surface area (TPSA) is 92.4 Å². The molecular weight excluding hydrogens is 319 g/mol. The van der Waals surface area contributed by atoms with Crippen molar-refractivity contribution in [3.05, 3.63) is 23.0 Å². The van der Waals surface area contributed by atoms with E-state index in [0.29, 0.717) is 0 Å². The van der Waals surface area contributed by atoms with E-state index in [1.54, 1.807) is 0 Å². The van der Waals surface area contributed by atoms with Crippen LogP contribution in [0.5, 0.6) is 0 Å². The lowest BCUT2D eigenvalue weighted by molar-refractivity contribution is 0.134. The van der Waals surface area contributed by atoms with Crippen molar-refractivity contribution < 1.29 is 17.9 Å². The van der Waals surface area contributed by atoms with Gasteiger partial charge in [0.25, 0.3) is 0 Å². The molecule has 0 saturated heterocycles. The molecule has 5 nitrogen and oxygen atoms in total. The third-order valence-corrected chi connectivity index (χ3v) is 5.58. The molecule has 0 amide bonds. The minimum Gasteiger partial charge on any atom is -0.396 e. The summed E-state index contributed by atoms with van der Waals surface area (Å²) in [6.45, 7) is -0.0343. The predicted molar refractivity (Wildman–Crippen MR) is 79.0 cm³/mol. The van der Waals surface area contributed by atoms with Gasteiger partial charge >= 0.3 is 0 Å². The minimum absolute atomic E-state index is 0.0482. The smallest absolute Gasteiger partial charge is 0.243 e. The van der Waals surface area contributed by atoms with Gasteiger partial charge in [0.1, 0.15) is 4.90 Å². The largest absolute Gasteiger partial charge is 0.396 e. The molecule has 0 bridgehead atoms. The maximum atomic E-state index is 13.9. The Hall–Kier alpha value is -0.890. The van der Waals surface area contributed by atoms with Gasteiger partial charge in [0.05, 0.1) is 5.69 Å². The predicted octanol–water partition coefficient (Wildman–Crippen LogP) is 1.89. The van der Waals surface area contributed by atoms with Gasteiger partial charge in [-0.1, -0.05) is 24.4 Å².